The number of fused-ring (bicyclic) bond motifs is 2. The third kappa shape index (κ3) is 2.93. The number of rotatable bonds is 7. The van der Waals surface area contributed by atoms with E-state index >= 15 is 0 Å². The normalized spacial score (nSPS) is 53.4. The van der Waals surface area contributed by atoms with Gasteiger partial charge in [-0.15, -0.1) is 0 Å². The van der Waals surface area contributed by atoms with Gasteiger partial charge in [-0.05, 0) is 55.8 Å². The number of hydrogen-bond acceptors (Lipinski definition) is 8. The smallest absolute Gasteiger partial charge is 0.315 e. The van der Waals surface area contributed by atoms with Crippen LogP contribution in [0, 0.1) is 45.8 Å². The highest BCUT2D eigenvalue weighted by Crippen LogP contribution is 2.82. The molecule has 0 spiro atoms. The monoisotopic (exact) mass is 508 g/mol. The van der Waals surface area contributed by atoms with Crippen molar-refractivity contribution in [3.8, 4) is 0 Å². The number of hydrogen-bond donors (Lipinski definition) is 4. The zero-order chi connectivity index (χ0) is 26.4. The molecule has 13 atom stereocenters. The largest absolute Gasteiger partial charge is 0.481 e. The first-order chi connectivity index (χ1) is 16.9. The van der Waals surface area contributed by atoms with Crippen LogP contribution >= 0.6 is 0 Å². The first-order valence-electron chi connectivity index (χ1n) is 13.2. The van der Waals surface area contributed by atoms with Gasteiger partial charge in [-0.2, -0.15) is 0 Å². The Morgan fingerprint density at radius 2 is 1.92 bits per heavy atom. The summed E-state index contributed by atoms with van der Waals surface area (Å²) >= 11 is 0. The molecule has 9 nitrogen and oxygen atoms in total. The second-order valence-corrected chi connectivity index (χ2v) is 12.3. The number of ether oxygens (including phenoxy) is 3. The number of aliphatic hydroxyl groups excluding tert-OH is 3. The van der Waals surface area contributed by atoms with Crippen molar-refractivity contribution in [1.29, 1.82) is 0 Å². The number of carbonyl (C=O) groups is 2. The lowest BCUT2D eigenvalue weighted by Crippen LogP contribution is -2.64. The van der Waals surface area contributed by atoms with Crippen molar-refractivity contribution in [3.63, 3.8) is 0 Å². The standard InChI is InChI=1S/C27H40O9/c1-12(2)17-6-15-8-25(10-28)18-7-19(29)13(3)16(18)9-26(15,27(17,25)24(32)33)11-35-23-21(31)20(30)22(34-5)14(4)36-23/h6,10,12-16,18-23,29-31H,7-9,11H2,1-5H3,(H,32,33)/t13-,14+,15-,16-,18+,19-,20+,21-,22+,23+,25-,26-,27-/m0/s1. The van der Waals surface area contributed by atoms with Crippen LogP contribution in [0.5, 0.6) is 0 Å². The van der Waals surface area contributed by atoms with Crippen LogP contribution in [0.25, 0.3) is 0 Å². The maximum absolute atomic E-state index is 13.5. The SMILES string of the molecule is CO[C@H]1[C@H](O)[C@H](O)[C@H](OC[C@@]23C[C@H]4[C@H](C)[C@@H](O)C[C@H]4[C@@]4(C=O)C[C@@H]2C=C(C(C)C)[C@@]34C(=O)O)O[C@@H]1C. The van der Waals surface area contributed by atoms with Crippen LogP contribution < -0.4 is 0 Å². The van der Waals surface area contributed by atoms with Gasteiger partial charge in [0.15, 0.2) is 6.29 Å². The first kappa shape index (κ1) is 26.3. The highest BCUT2D eigenvalue weighted by Gasteiger charge is 2.84. The minimum absolute atomic E-state index is 0.0224. The molecule has 0 radical (unpaired) electrons. The Labute approximate surface area is 211 Å². The third-order valence-electron chi connectivity index (χ3n) is 10.8. The molecule has 0 aromatic carbocycles. The Morgan fingerprint density at radius 3 is 2.50 bits per heavy atom. The number of carboxylic acid groups (broad SMARTS) is 1. The summed E-state index contributed by atoms with van der Waals surface area (Å²) in [7, 11) is 1.43. The summed E-state index contributed by atoms with van der Waals surface area (Å²) in [4.78, 5) is 26.6. The number of carbonyl (C=O) groups excluding carboxylic acids is 1. The van der Waals surface area contributed by atoms with E-state index in [-0.39, 0.29) is 36.2 Å². The average molecular weight is 509 g/mol. The molecule has 0 unspecified atom stereocenters. The summed E-state index contributed by atoms with van der Waals surface area (Å²) in [5, 5.41) is 43.1. The van der Waals surface area contributed by atoms with Crippen LogP contribution in [0.1, 0.15) is 47.0 Å². The van der Waals surface area contributed by atoms with Crippen molar-refractivity contribution in [2.45, 2.75) is 83.8 Å². The molecule has 4 aliphatic carbocycles. The zero-order valence-corrected chi connectivity index (χ0v) is 21.7. The maximum atomic E-state index is 13.5. The molecule has 9 heteroatoms. The second kappa shape index (κ2) is 8.58. The van der Waals surface area contributed by atoms with Gasteiger partial charge in [-0.1, -0.05) is 32.4 Å². The highest BCUT2D eigenvalue weighted by molar-refractivity contribution is 5.90. The summed E-state index contributed by atoms with van der Waals surface area (Å²) in [6.45, 7) is 7.58. The number of aliphatic hydroxyl groups is 3. The van der Waals surface area contributed by atoms with Gasteiger partial charge in [-0.25, -0.2) is 0 Å². The van der Waals surface area contributed by atoms with E-state index < -0.39 is 59.0 Å². The highest BCUT2D eigenvalue weighted by atomic mass is 16.7. The van der Waals surface area contributed by atoms with E-state index in [1.165, 1.54) is 7.11 Å². The fourth-order valence-corrected chi connectivity index (χ4v) is 9.31. The van der Waals surface area contributed by atoms with Crippen LogP contribution in [0.2, 0.25) is 0 Å². The Morgan fingerprint density at radius 1 is 1.22 bits per heavy atom. The molecule has 0 aromatic heterocycles. The maximum Gasteiger partial charge on any atom is 0.315 e. The Balaban J connectivity index is 1.58. The van der Waals surface area contributed by atoms with Gasteiger partial charge in [-0.3, -0.25) is 4.79 Å². The number of allylic oxidation sites excluding steroid dienone is 1. The Kier molecular flexibility index (Phi) is 6.26. The summed E-state index contributed by atoms with van der Waals surface area (Å²) in [5.41, 5.74) is -2.79. The van der Waals surface area contributed by atoms with Crippen LogP contribution in [0.15, 0.2) is 11.6 Å². The van der Waals surface area contributed by atoms with E-state index in [1.807, 2.05) is 20.8 Å². The molecule has 4 N–H and O–H groups in total. The van der Waals surface area contributed by atoms with Crippen molar-refractivity contribution < 1.29 is 44.2 Å². The van der Waals surface area contributed by atoms with Crippen molar-refractivity contribution in [1.82, 2.24) is 0 Å². The van der Waals surface area contributed by atoms with Gasteiger partial charge in [0.25, 0.3) is 0 Å². The summed E-state index contributed by atoms with van der Waals surface area (Å²) in [5.74, 6) is -1.63. The summed E-state index contributed by atoms with van der Waals surface area (Å²) < 4.78 is 17.3. The van der Waals surface area contributed by atoms with Crippen molar-refractivity contribution >= 4 is 12.3 Å². The van der Waals surface area contributed by atoms with Gasteiger partial charge in [0.1, 0.15) is 30.0 Å². The quantitative estimate of drug-likeness (QED) is 0.296. The van der Waals surface area contributed by atoms with E-state index in [2.05, 4.69) is 6.08 Å². The topological polar surface area (TPSA) is 143 Å². The number of carboxylic acids is 1. The number of methoxy groups -OCH3 is 1. The van der Waals surface area contributed by atoms with Crippen LogP contribution in [0.4, 0.5) is 0 Å². The van der Waals surface area contributed by atoms with Gasteiger partial charge in [0.05, 0.1) is 24.2 Å². The van der Waals surface area contributed by atoms with E-state index in [1.54, 1.807) is 6.92 Å². The van der Waals surface area contributed by atoms with Gasteiger partial charge in [0, 0.05) is 12.5 Å². The molecular weight excluding hydrogens is 468 g/mol. The molecule has 1 saturated heterocycles. The molecule has 36 heavy (non-hydrogen) atoms. The molecule has 0 aromatic rings. The fraction of sp³-hybridized carbons (Fsp3) is 0.852. The van der Waals surface area contributed by atoms with Crippen molar-refractivity contribution in [2.75, 3.05) is 13.7 Å². The van der Waals surface area contributed by atoms with E-state index in [0.29, 0.717) is 19.3 Å². The first-order valence-corrected chi connectivity index (χ1v) is 13.2. The number of aliphatic carboxylic acids is 1. The molecule has 1 heterocycles. The van der Waals surface area contributed by atoms with E-state index in [9.17, 15) is 30.0 Å². The lowest BCUT2D eigenvalue weighted by atomic mass is 9.43. The van der Waals surface area contributed by atoms with Gasteiger partial charge >= 0.3 is 5.97 Å². The summed E-state index contributed by atoms with van der Waals surface area (Å²) in [6.07, 6.45) is -1.37. The average Bonchev–Trinajstić information content (AvgIpc) is 3.35. The van der Waals surface area contributed by atoms with Crippen LogP contribution in [0.3, 0.4) is 0 Å². The number of aldehydes is 1. The second-order valence-electron chi connectivity index (χ2n) is 12.3. The van der Waals surface area contributed by atoms with Crippen molar-refractivity contribution in [3.05, 3.63) is 11.6 Å². The predicted octanol–water partition coefficient (Wildman–Crippen LogP) is 1.38. The summed E-state index contributed by atoms with van der Waals surface area (Å²) in [6, 6.07) is 0. The molecule has 0 amide bonds. The third-order valence-corrected chi connectivity index (χ3v) is 10.8. The molecular formula is C27H40O9. The van der Waals surface area contributed by atoms with E-state index in [4.69, 9.17) is 14.2 Å². The molecule has 4 bridgehead atoms. The lowest BCUT2D eigenvalue weighted by molar-refractivity contribution is -0.307. The van der Waals surface area contributed by atoms with E-state index in [0.717, 1.165) is 11.9 Å². The van der Waals surface area contributed by atoms with Crippen LogP contribution in [-0.2, 0) is 23.8 Å². The Hall–Kier alpha value is -1.36. The Bertz CT molecular complexity index is 950. The fourth-order valence-electron chi connectivity index (χ4n) is 9.31. The zero-order valence-electron chi connectivity index (χ0n) is 21.7. The molecule has 5 rings (SSSR count). The minimum Gasteiger partial charge on any atom is -0.481 e. The lowest BCUT2D eigenvalue weighted by Gasteiger charge is -2.58. The van der Waals surface area contributed by atoms with Gasteiger partial charge < -0.3 is 39.4 Å². The van der Waals surface area contributed by atoms with Crippen molar-refractivity contribution in [2.24, 2.45) is 45.8 Å². The molecule has 5 aliphatic rings. The molecule has 4 fully saturated rings. The van der Waals surface area contributed by atoms with Crippen LogP contribution in [-0.4, -0.2) is 83.2 Å². The minimum atomic E-state index is -1.47. The molecule has 3 saturated carbocycles. The molecule has 1 aliphatic heterocycles. The molecule has 202 valence electrons. The predicted molar refractivity (Wildman–Crippen MR) is 127 cm³/mol. The van der Waals surface area contributed by atoms with Gasteiger partial charge in [0.2, 0.25) is 0 Å².